The van der Waals surface area contributed by atoms with Crippen LogP contribution in [0.5, 0.6) is 0 Å². The Morgan fingerprint density at radius 1 is 1.04 bits per heavy atom. The standard InChI is InChI=1S/C20H22N4O2/c1-13(2)15-10-8-14(9-11-15)12-17(25)22-18(16-6-4-3-5-7-16)19-23-24-20(21)26-19/h3-11,13,18H,12H2,1-2H3,(H2,21,24)(H,22,25). The lowest BCUT2D eigenvalue weighted by Crippen LogP contribution is -2.30. The third-order valence-electron chi connectivity index (χ3n) is 4.15. The van der Waals surface area contributed by atoms with Gasteiger partial charge in [0.15, 0.2) is 0 Å². The summed E-state index contributed by atoms with van der Waals surface area (Å²) < 4.78 is 5.33. The summed E-state index contributed by atoms with van der Waals surface area (Å²) in [5.74, 6) is 0.591. The van der Waals surface area contributed by atoms with E-state index in [0.29, 0.717) is 5.92 Å². The zero-order valence-electron chi connectivity index (χ0n) is 14.8. The number of benzene rings is 2. The first-order valence-electron chi connectivity index (χ1n) is 8.55. The average molecular weight is 350 g/mol. The van der Waals surface area contributed by atoms with Crippen molar-refractivity contribution in [3.63, 3.8) is 0 Å². The van der Waals surface area contributed by atoms with Gasteiger partial charge in [-0.1, -0.05) is 73.5 Å². The minimum absolute atomic E-state index is 0.0283. The number of amides is 1. The first-order chi connectivity index (χ1) is 12.5. The molecule has 6 nitrogen and oxygen atoms in total. The average Bonchev–Trinajstić information content (AvgIpc) is 3.07. The van der Waals surface area contributed by atoms with Crippen molar-refractivity contribution in [2.45, 2.75) is 32.2 Å². The Morgan fingerprint density at radius 2 is 1.73 bits per heavy atom. The molecular formula is C20H22N4O2. The number of rotatable bonds is 6. The Balaban J connectivity index is 1.75. The van der Waals surface area contributed by atoms with Gasteiger partial charge in [-0.15, -0.1) is 5.10 Å². The van der Waals surface area contributed by atoms with E-state index >= 15 is 0 Å². The Kier molecular flexibility index (Phi) is 5.31. The number of nitrogens with one attached hydrogen (secondary N) is 1. The zero-order chi connectivity index (χ0) is 18.5. The summed E-state index contributed by atoms with van der Waals surface area (Å²) in [7, 11) is 0. The van der Waals surface area contributed by atoms with Crippen molar-refractivity contribution in [2.75, 3.05) is 5.73 Å². The zero-order valence-corrected chi connectivity index (χ0v) is 14.8. The first kappa shape index (κ1) is 17.7. The van der Waals surface area contributed by atoms with Gasteiger partial charge in [0.1, 0.15) is 6.04 Å². The van der Waals surface area contributed by atoms with E-state index in [2.05, 4.69) is 41.5 Å². The molecule has 0 bridgehead atoms. The number of nitrogens with zero attached hydrogens (tertiary/aromatic N) is 2. The molecule has 1 heterocycles. The fraction of sp³-hybridized carbons (Fsp3) is 0.250. The normalized spacial score (nSPS) is 12.1. The lowest BCUT2D eigenvalue weighted by atomic mass is 10.0. The second-order valence-corrected chi connectivity index (χ2v) is 6.46. The molecule has 0 aliphatic rings. The topological polar surface area (TPSA) is 94.0 Å². The van der Waals surface area contributed by atoms with Gasteiger partial charge in [0, 0.05) is 0 Å². The van der Waals surface area contributed by atoms with E-state index in [9.17, 15) is 4.79 Å². The molecule has 1 atom stereocenters. The lowest BCUT2D eigenvalue weighted by molar-refractivity contribution is -0.121. The van der Waals surface area contributed by atoms with Gasteiger partial charge >= 0.3 is 6.01 Å². The fourth-order valence-electron chi connectivity index (χ4n) is 2.71. The molecule has 1 amide bonds. The van der Waals surface area contributed by atoms with Crippen molar-refractivity contribution in [3.8, 4) is 0 Å². The molecule has 0 aliphatic heterocycles. The van der Waals surface area contributed by atoms with Crippen LogP contribution >= 0.6 is 0 Å². The van der Waals surface area contributed by atoms with Gasteiger partial charge in [0.25, 0.3) is 0 Å². The van der Waals surface area contributed by atoms with Gasteiger partial charge in [-0.25, -0.2) is 0 Å². The second-order valence-electron chi connectivity index (χ2n) is 6.46. The maximum atomic E-state index is 12.6. The number of hydrogen-bond donors (Lipinski definition) is 2. The molecule has 3 rings (SSSR count). The van der Waals surface area contributed by atoms with E-state index in [1.807, 2.05) is 42.5 Å². The summed E-state index contributed by atoms with van der Waals surface area (Å²) in [6, 6.07) is 17.0. The second kappa shape index (κ2) is 7.82. The third-order valence-corrected chi connectivity index (χ3v) is 4.15. The molecule has 6 heteroatoms. The first-order valence-corrected chi connectivity index (χ1v) is 8.55. The van der Waals surface area contributed by atoms with E-state index in [4.69, 9.17) is 10.2 Å². The van der Waals surface area contributed by atoms with Crippen LogP contribution < -0.4 is 11.1 Å². The SMILES string of the molecule is CC(C)c1ccc(CC(=O)NC(c2ccccc2)c2nnc(N)o2)cc1. The van der Waals surface area contributed by atoms with Gasteiger partial charge in [-0.3, -0.25) is 4.79 Å². The maximum Gasteiger partial charge on any atom is 0.312 e. The maximum absolute atomic E-state index is 12.6. The number of anilines is 1. The Hall–Kier alpha value is -3.15. The van der Waals surface area contributed by atoms with Crippen LogP contribution in [0.1, 0.15) is 48.4 Å². The number of aromatic nitrogens is 2. The molecule has 134 valence electrons. The van der Waals surface area contributed by atoms with Gasteiger partial charge < -0.3 is 15.5 Å². The molecule has 2 aromatic carbocycles. The van der Waals surface area contributed by atoms with E-state index in [1.165, 1.54) is 5.56 Å². The largest absolute Gasteiger partial charge is 0.406 e. The molecule has 0 spiro atoms. The highest BCUT2D eigenvalue weighted by Crippen LogP contribution is 2.22. The minimum Gasteiger partial charge on any atom is -0.406 e. The molecule has 26 heavy (non-hydrogen) atoms. The summed E-state index contributed by atoms with van der Waals surface area (Å²) >= 11 is 0. The van der Waals surface area contributed by atoms with Crippen molar-refractivity contribution in [1.82, 2.24) is 15.5 Å². The van der Waals surface area contributed by atoms with Crippen molar-refractivity contribution in [2.24, 2.45) is 0 Å². The van der Waals surface area contributed by atoms with E-state index in [1.54, 1.807) is 0 Å². The summed E-state index contributed by atoms with van der Waals surface area (Å²) in [6.45, 7) is 4.28. The molecule has 0 fully saturated rings. The van der Waals surface area contributed by atoms with Crippen molar-refractivity contribution in [3.05, 3.63) is 77.2 Å². The quantitative estimate of drug-likeness (QED) is 0.712. The van der Waals surface area contributed by atoms with Gasteiger partial charge in [0.05, 0.1) is 6.42 Å². The van der Waals surface area contributed by atoms with Crippen LogP contribution in [0, 0.1) is 0 Å². The summed E-state index contributed by atoms with van der Waals surface area (Å²) in [5.41, 5.74) is 8.58. The molecule has 1 unspecified atom stereocenters. The number of carbonyl (C=O) groups excluding carboxylic acids is 1. The van der Waals surface area contributed by atoms with Gasteiger partial charge in [-0.2, -0.15) is 0 Å². The van der Waals surface area contributed by atoms with Crippen LogP contribution in [0.3, 0.4) is 0 Å². The molecule has 0 saturated carbocycles. The summed E-state index contributed by atoms with van der Waals surface area (Å²) in [4.78, 5) is 12.6. The lowest BCUT2D eigenvalue weighted by Gasteiger charge is -2.16. The molecule has 1 aromatic heterocycles. The Labute approximate surface area is 152 Å². The highest BCUT2D eigenvalue weighted by atomic mass is 16.4. The van der Waals surface area contributed by atoms with Crippen LogP contribution in [0.15, 0.2) is 59.0 Å². The van der Waals surface area contributed by atoms with Gasteiger partial charge in [-0.05, 0) is 22.6 Å². The van der Waals surface area contributed by atoms with Crippen LogP contribution in [0.4, 0.5) is 6.01 Å². The summed E-state index contributed by atoms with van der Waals surface area (Å²) in [6.07, 6.45) is 0.269. The smallest absolute Gasteiger partial charge is 0.312 e. The Morgan fingerprint density at radius 3 is 2.31 bits per heavy atom. The van der Waals surface area contributed by atoms with E-state index in [0.717, 1.165) is 11.1 Å². The van der Waals surface area contributed by atoms with Crippen molar-refractivity contribution in [1.29, 1.82) is 0 Å². The Bertz CT molecular complexity index is 857. The molecule has 0 radical (unpaired) electrons. The van der Waals surface area contributed by atoms with Gasteiger partial charge in [0.2, 0.25) is 11.8 Å². The fourth-order valence-corrected chi connectivity index (χ4v) is 2.71. The highest BCUT2D eigenvalue weighted by molar-refractivity contribution is 5.79. The van der Waals surface area contributed by atoms with Crippen molar-refractivity contribution < 1.29 is 9.21 Å². The van der Waals surface area contributed by atoms with Crippen LogP contribution in [0.2, 0.25) is 0 Å². The van der Waals surface area contributed by atoms with Crippen LogP contribution in [-0.2, 0) is 11.2 Å². The number of carbonyl (C=O) groups is 1. The number of nitrogens with two attached hydrogens (primary N) is 1. The van der Waals surface area contributed by atoms with Crippen LogP contribution in [-0.4, -0.2) is 16.1 Å². The predicted octanol–water partition coefficient (Wildman–Crippen LogP) is 3.22. The van der Waals surface area contributed by atoms with Crippen molar-refractivity contribution >= 4 is 11.9 Å². The number of hydrogen-bond acceptors (Lipinski definition) is 5. The molecule has 3 N–H and O–H groups in total. The molecule has 3 aromatic rings. The van der Waals surface area contributed by atoms with E-state index < -0.39 is 6.04 Å². The number of nitrogen functional groups attached to an aromatic ring is 1. The summed E-state index contributed by atoms with van der Waals surface area (Å²) in [5, 5.41) is 10.6. The predicted molar refractivity (Wildman–Crippen MR) is 99.4 cm³/mol. The molecule has 0 aliphatic carbocycles. The molecular weight excluding hydrogens is 328 g/mol. The third kappa shape index (κ3) is 4.27. The highest BCUT2D eigenvalue weighted by Gasteiger charge is 2.22. The van der Waals surface area contributed by atoms with E-state index in [-0.39, 0.29) is 24.2 Å². The monoisotopic (exact) mass is 350 g/mol. The van der Waals surface area contributed by atoms with Crippen LogP contribution in [0.25, 0.3) is 0 Å². The minimum atomic E-state index is -0.538. The molecule has 0 saturated heterocycles.